The third-order valence-electron chi connectivity index (χ3n) is 3.16. The summed E-state index contributed by atoms with van der Waals surface area (Å²) in [5.41, 5.74) is 1.16. The number of hydrogen-bond acceptors (Lipinski definition) is 2. The summed E-state index contributed by atoms with van der Waals surface area (Å²) in [5.74, 6) is 0.796. The van der Waals surface area contributed by atoms with E-state index in [1.807, 2.05) is 25.0 Å². The van der Waals surface area contributed by atoms with Gasteiger partial charge in [0, 0.05) is 13.2 Å². The van der Waals surface area contributed by atoms with Gasteiger partial charge in [-0.2, -0.15) is 5.10 Å². The summed E-state index contributed by atoms with van der Waals surface area (Å²) in [7, 11) is 3.98. The quantitative estimate of drug-likeness (QED) is 0.780. The summed E-state index contributed by atoms with van der Waals surface area (Å²) in [6, 6.07) is 2.50. The van der Waals surface area contributed by atoms with Crippen molar-refractivity contribution in [1.82, 2.24) is 15.1 Å². The van der Waals surface area contributed by atoms with Crippen molar-refractivity contribution in [2.24, 2.45) is 13.0 Å². The van der Waals surface area contributed by atoms with E-state index in [0.717, 1.165) is 11.6 Å². The molecular weight excluding hydrogens is 186 g/mol. The molecule has 3 heteroatoms. The number of rotatable bonds is 6. The predicted octanol–water partition coefficient (Wildman–Crippen LogP) is 2.51. The van der Waals surface area contributed by atoms with Gasteiger partial charge >= 0.3 is 0 Å². The number of nitrogens with one attached hydrogen (secondary N) is 1. The Bertz CT molecular complexity index is 276. The molecule has 0 aliphatic heterocycles. The summed E-state index contributed by atoms with van der Waals surface area (Å²) < 4.78 is 1.87. The topological polar surface area (TPSA) is 29.9 Å². The Morgan fingerprint density at radius 1 is 1.40 bits per heavy atom. The SMILES string of the molecule is CCC(CC)CC(NC)c1ccn(C)n1. The van der Waals surface area contributed by atoms with E-state index in [-0.39, 0.29) is 0 Å². The Morgan fingerprint density at radius 3 is 2.47 bits per heavy atom. The van der Waals surface area contributed by atoms with Crippen LogP contribution in [0.2, 0.25) is 0 Å². The molecule has 1 aromatic heterocycles. The number of aromatic nitrogens is 2. The Kier molecular flexibility index (Phi) is 4.82. The second kappa shape index (κ2) is 5.91. The van der Waals surface area contributed by atoms with Crippen LogP contribution in [-0.2, 0) is 7.05 Å². The van der Waals surface area contributed by atoms with E-state index in [1.165, 1.54) is 19.3 Å². The Morgan fingerprint density at radius 2 is 2.07 bits per heavy atom. The average molecular weight is 209 g/mol. The fraction of sp³-hybridized carbons (Fsp3) is 0.750. The first-order valence-corrected chi connectivity index (χ1v) is 5.88. The molecule has 0 radical (unpaired) electrons. The third-order valence-corrected chi connectivity index (χ3v) is 3.16. The van der Waals surface area contributed by atoms with Crippen LogP contribution in [0.3, 0.4) is 0 Å². The fourth-order valence-electron chi connectivity index (χ4n) is 1.96. The molecule has 0 bridgehead atoms. The van der Waals surface area contributed by atoms with Crippen molar-refractivity contribution in [2.75, 3.05) is 7.05 Å². The molecule has 0 amide bonds. The van der Waals surface area contributed by atoms with Crippen molar-refractivity contribution in [3.8, 4) is 0 Å². The first kappa shape index (κ1) is 12.2. The van der Waals surface area contributed by atoms with Gasteiger partial charge in [0.05, 0.1) is 11.7 Å². The van der Waals surface area contributed by atoms with E-state index in [0.29, 0.717) is 6.04 Å². The van der Waals surface area contributed by atoms with E-state index in [9.17, 15) is 0 Å². The molecule has 1 N–H and O–H groups in total. The van der Waals surface area contributed by atoms with Gasteiger partial charge in [-0.3, -0.25) is 4.68 Å². The highest BCUT2D eigenvalue weighted by Crippen LogP contribution is 2.23. The molecule has 0 spiro atoms. The van der Waals surface area contributed by atoms with Crippen molar-refractivity contribution in [2.45, 2.75) is 39.2 Å². The van der Waals surface area contributed by atoms with Gasteiger partial charge in [-0.1, -0.05) is 26.7 Å². The van der Waals surface area contributed by atoms with Crippen LogP contribution in [0.15, 0.2) is 12.3 Å². The Labute approximate surface area is 92.9 Å². The van der Waals surface area contributed by atoms with Gasteiger partial charge in [-0.15, -0.1) is 0 Å². The molecule has 0 saturated heterocycles. The fourth-order valence-corrected chi connectivity index (χ4v) is 1.96. The Hall–Kier alpha value is -0.830. The lowest BCUT2D eigenvalue weighted by molar-refractivity contribution is 0.379. The predicted molar refractivity (Wildman–Crippen MR) is 63.7 cm³/mol. The van der Waals surface area contributed by atoms with Crippen molar-refractivity contribution in [3.05, 3.63) is 18.0 Å². The van der Waals surface area contributed by atoms with Crippen LogP contribution >= 0.6 is 0 Å². The van der Waals surface area contributed by atoms with E-state index in [2.05, 4.69) is 30.3 Å². The van der Waals surface area contributed by atoms with E-state index >= 15 is 0 Å². The first-order chi connectivity index (χ1) is 7.21. The molecule has 0 fully saturated rings. The zero-order valence-electron chi connectivity index (χ0n) is 10.3. The highest BCUT2D eigenvalue weighted by Gasteiger charge is 2.16. The minimum atomic E-state index is 0.399. The van der Waals surface area contributed by atoms with E-state index < -0.39 is 0 Å². The van der Waals surface area contributed by atoms with Crippen molar-refractivity contribution in [3.63, 3.8) is 0 Å². The van der Waals surface area contributed by atoms with Gasteiger partial charge in [0.25, 0.3) is 0 Å². The van der Waals surface area contributed by atoms with Gasteiger partial charge in [-0.05, 0) is 25.5 Å². The maximum absolute atomic E-state index is 4.46. The third kappa shape index (κ3) is 3.34. The van der Waals surface area contributed by atoms with Crippen molar-refractivity contribution < 1.29 is 0 Å². The molecule has 15 heavy (non-hydrogen) atoms. The maximum Gasteiger partial charge on any atom is 0.0793 e. The van der Waals surface area contributed by atoms with Gasteiger partial charge in [0.2, 0.25) is 0 Å². The highest BCUT2D eigenvalue weighted by atomic mass is 15.3. The second-order valence-electron chi connectivity index (χ2n) is 4.17. The van der Waals surface area contributed by atoms with E-state index in [1.54, 1.807) is 0 Å². The van der Waals surface area contributed by atoms with Crippen LogP contribution in [0.5, 0.6) is 0 Å². The highest BCUT2D eigenvalue weighted by molar-refractivity contribution is 5.05. The molecule has 1 rings (SSSR count). The van der Waals surface area contributed by atoms with Crippen LogP contribution < -0.4 is 5.32 Å². The lowest BCUT2D eigenvalue weighted by Gasteiger charge is -2.19. The summed E-state index contributed by atoms with van der Waals surface area (Å²) in [4.78, 5) is 0. The smallest absolute Gasteiger partial charge is 0.0793 e. The van der Waals surface area contributed by atoms with Gasteiger partial charge in [0.1, 0.15) is 0 Å². The zero-order valence-corrected chi connectivity index (χ0v) is 10.3. The molecule has 1 heterocycles. The maximum atomic E-state index is 4.46. The molecule has 1 atom stereocenters. The summed E-state index contributed by atoms with van der Waals surface area (Å²) >= 11 is 0. The van der Waals surface area contributed by atoms with Gasteiger partial charge < -0.3 is 5.32 Å². The largest absolute Gasteiger partial charge is 0.312 e. The normalized spacial score (nSPS) is 13.4. The van der Waals surface area contributed by atoms with Crippen LogP contribution in [0, 0.1) is 5.92 Å². The molecule has 0 saturated carbocycles. The summed E-state index contributed by atoms with van der Waals surface area (Å²) in [6.07, 6.45) is 5.69. The average Bonchev–Trinajstić information content (AvgIpc) is 2.67. The van der Waals surface area contributed by atoms with E-state index in [4.69, 9.17) is 0 Å². The molecule has 0 aliphatic rings. The molecule has 0 aliphatic carbocycles. The Balaban J connectivity index is 2.63. The lowest BCUT2D eigenvalue weighted by Crippen LogP contribution is -2.20. The van der Waals surface area contributed by atoms with Crippen LogP contribution in [0.1, 0.15) is 44.8 Å². The number of hydrogen-bond donors (Lipinski definition) is 1. The number of nitrogens with zero attached hydrogens (tertiary/aromatic N) is 2. The van der Waals surface area contributed by atoms with Crippen LogP contribution in [0.4, 0.5) is 0 Å². The van der Waals surface area contributed by atoms with Crippen molar-refractivity contribution in [1.29, 1.82) is 0 Å². The zero-order chi connectivity index (χ0) is 11.3. The minimum Gasteiger partial charge on any atom is -0.312 e. The number of aryl methyl sites for hydroxylation is 1. The van der Waals surface area contributed by atoms with Crippen LogP contribution in [0.25, 0.3) is 0 Å². The first-order valence-electron chi connectivity index (χ1n) is 5.88. The monoisotopic (exact) mass is 209 g/mol. The second-order valence-corrected chi connectivity index (χ2v) is 4.17. The summed E-state index contributed by atoms with van der Waals surface area (Å²) in [6.45, 7) is 4.53. The standard InChI is InChI=1S/C12H23N3/c1-5-10(6-2)9-12(13-3)11-7-8-15(4)14-11/h7-8,10,12-13H,5-6,9H2,1-4H3. The molecule has 86 valence electrons. The van der Waals surface area contributed by atoms with Crippen molar-refractivity contribution >= 4 is 0 Å². The molecule has 0 aromatic carbocycles. The minimum absolute atomic E-state index is 0.399. The lowest BCUT2D eigenvalue weighted by atomic mass is 9.93. The van der Waals surface area contributed by atoms with Crippen LogP contribution in [-0.4, -0.2) is 16.8 Å². The molecule has 3 nitrogen and oxygen atoms in total. The summed E-state index contributed by atoms with van der Waals surface area (Å²) in [5, 5.41) is 7.81. The molecular formula is C12H23N3. The van der Waals surface area contributed by atoms with Gasteiger partial charge in [-0.25, -0.2) is 0 Å². The van der Waals surface area contributed by atoms with Gasteiger partial charge in [0.15, 0.2) is 0 Å². The molecule has 1 aromatic rings. The molecule has 1 unspecified atom stereocenters.